The van der Waals surface area contributed by atoms with Gasteiger partial charge in [-0.05, 0) is 44.9 Å². The third-order valence-corrected chi connectivity index (χ3v) is 6.71. The molecule has 0 amide bonds. The average Bonchev–Trinajstić information content (AvgIpc) is 2.84. The molecule has 0 aliphatic carbocycles. The molecule has 202 valence electrons. The van der Waals surface area contributed by atoms with E-state index in [4.69, 9.17) is 9.84 Å². The Balaban J connectivity index is 3.19. The van der Waals surface area contributed by atoms with Gasteiger partial charge in [-0.15, -0.1) is 0 Å². The van der Waals surface area contributed by atoms with Crippen LogP contribution < -0.4 is 0 Å². The minimum atomic E-state index is -0.00109. The monoisotopic (exact) mass is 480 g/mol. The number of allylic oxidation sites excluding steroid dienone is 2. The van der Waals surface area contributed by atoms with E-state index in [9.17, 15) is 4.79 Å². The number of unbranched alkanes of at least 4 members (excludes halogenated alkanes) is 21. The van der Waals surface area contributed by atoms with Gasteiger partial charge in [-0.1, -0.05) is 128 Å². The van der Waals surface area contributed by atoms with Crippen LogP contribution in [0.2, 0.25) is 0 Å². The molecule has 0 fully saturated rings. The van der Waals surface area contributed by atoms with Crippen LogP contribution in [0.3, 0.4) is 0 Å². The maximum absolute atomic E-state index is 11.8. The maximum atomic E-state index is 11.8. The lowest BCUT2D eigenvalue weighted by Gasteiger charge is -2.05. The predicted molar refractivity (Wildman–Crippen MR) is 148 cm³/mol. The van der Waals surface area contributed by atoms with Crippen molar-refractivity contribution in [2.24, 2.45) is 0 Å². The molecule has 0 aromatic carbocycles. The van der Waals surface area contributed by atoms with Gasteiger partial charge < -0.3 is 9.84 Å². The molecule has 0 aliphatic rings. The molecule has 3 heteroatoms. The van der Waals surface area contributed by atoms with Crippen LogP contribution in [-0.4, -0.2) is 24.3 Å². The Hall–Kier alpha value is -0.830. The summed E-state index contributed by atoms with van der Waals surface area (Å²) < 4.78 is 5.39. The van der Waals surface area contributed by atoms with Crippen LogP contribution in [0.5, 0.6) is 0 Å². The molecule has 1 N–H and O–H groups in total. The van der Waals surface area contributed by atoms with Crippen LogP contribution in [0, 0.1) is 0 Å². The van der Waals surface area contributed by atoms with Crippen LogP contribution >= 0.6 is 0 Å². The minimum Gasteiger partial charge on any atom is -0.466 e. The van der Waals surface area contributed by atoms with E-state index < -0.39 is 0 Å². The fourth-order valence-corrected chi connectivity index (χ4v) is 4.40. The quantitative estimate of drug-likeness (QED) is 0.0688. The number of esters is 1. The van der Waals surface area contributed by atoms with Crippen LogP contribution in [-0.2, 0) is 9.53 Å². The molecule has 0 radical (unpaired) electrons. The normalized spacial score (nSPS) is 11.5. The lowest BCUT2D eigenvalue weighted by Crippen LogP contribution is -2.05. The summed E-state index contributed by atoms with van der Waals surface area (Å²) in [6.07, 6.45) is 35.5. The molecule has 0 bridgehead atoms. The minimum absolute atomic E-state index is 0.00109. The van der Waals surface area contributed by atoms with Crippen molar-refractivity contribution < 1.29 is 14.6 Å². The Morgan fingerprint density at radius 2 is 0.971 bits per heavy atom. The lowest BCUT2D eigenvalue weighted by atomic mass is 10.1. The Kier molecular flexibility index (Phi) is 29.5. The van der Waals surface area contributed by atoms with Gasteiger partial charge in [-0.3, -0.25) is 4.79 Å². The van der Waals surface area contributed by atoms with Gasteiger partial charge in [-0.2, -0.15) is 0 Å². The molecular formula is C31H60O3. The fraction of sp³-hybridized carbons (Fsp3) is 0.903. The van der Waals surface area contributed by atoms with Crippen molar-refractivity contribution in [1.29, 1.82) is 0 Å². The Morgan fingerprint density at radius 1 is 0.559 bits per heavy atom. The number of carbonyl (C=O) groups is 1. The summed E-state index contributed by atoms with van der Waals surface area (Å²) in [6, 6.07) is 0. The highest BCUT2D eigenvalue weighted by Crippen LogP contribution is 2.12. The molecule has 0 atom stereocenters. The summed E-state index contributed by atoms with van der Waals surface area (Å²) in [5.41, 5.74) is 0. The Bertz CT molecular complexity index is 419. The van der Waals surface area contributed by atoms with Gasteiger partial charge in [0.1, 0.15) is 0 Å². The molecule has 0 rings (SSSR count). The Morgan fingerprint density at radius 3 is 1.47 bits per heavy atom. The number of aliphatic hydroxyl groups is 1. The zero-order chi connectivity index (χ0) is 24.8. The highest BCUT2D eigenvalue weighted by Gasteiger charge is 2.02. The zero-order valence-corrected chi connectivity index (χ0v) is 23.0. The van der Waals surface area contributed by atoms with Crippen molar-refractivity contribution in [1.82, 2.24) is 0 Å². The fourth-order valence-electron chi connectivity index (χ4n) is 4.40. The van der Waals surface area contributed by atoms with Crippen LogP contribution in [0.25, 0.3) is 0 Å². The van der Waals surface area contributed by atoms with E-state index in [1.807, 2.05) is 0 Å². The molecule has 0 heterocycles. The van der Waals surface area contributed by atoms with Gasteiger partial charge in [0.05, 0.1) is 6.61 Å². The average molecular weight is 481 g/mol. The van der Waals surface area contributed by atoms with E-state index in [-0.39, 0.29) is 5.97 Å². The first-order valence-electron chi connectivity index (χ1n) is 15.2. The first-order valence-corrected chi connectivity index (χ1v) is 15.2. The van der Waals surface area contributed by atoms with E-state index in [0.717, 1.165) is 25.7 Å². The predicted octanol–water partition coefficient (Wildman–Crippen LogP) is 9.85. The molecule has 3 nitrogen and oxygen atoms in total. The zero-order valence-electron chi connectivity index (χ0n) is 23.0. The van der Waals surface area contributed by atoms with Crippen molar-refractivity contribution in [2.75, 3.05) is 13.2 Å². The summed E-state index contributed by atoms with van der Waals surface area (Å²) in [5.74, 6) is -0.00109. The van der Waals surface area contributed by atoms with Crippen LogP contribution in [0.1, 0.15) is 167 Å². The van der Waals surface area contributed by atoms with Gasteiger partial charge in [0.2, 0.25) is 0 Å². The van der Waals surface area contributed by atoms with Gasteiger partial charge in [0.15, 0.2) is 0 Å². The molecule has 34 heavy (non-hydrogen) atoms. The second-order valence-electron chi connectivity index (χ2n) is 10.2. The third-order valence-electron chi connectivity index (χ3n) is 6.71. The van der Waals surface area contributed by atoms with E-state index in [2.05, 4.69) is 19.1 Å². The number of aliphatic hydroxyl groups excluding tert-OH is 1. The Labute approximate surface area is 213 Å². The topological polar surface area (TPSA) is 46.5 Å². The molecule has 0 saturated carbocycles. The van der Waals surface area contributed by atoms with Crippen molar-refractivity contribution in [3.05, 3.63) is 12.2 Å². The van der Waals surface area contributed by atoms with Crippen molar-refractivity contribution in [3.63, 3.8) is 0 Å². The number of hydrogen-bond acceptors (Lipinski definition) is 3. The SMILES string of the molecule is CCCCCCCC/C=C\CCCCCCCC(=O)OCCCCCCCCCCCCCO. The summed E-state index contributed by atoms with van der Waals surface area (Å²) in [5, 5.41) is 8.75. The molecule has 0 saturated heterocycles. The van der Waals surface area contributed by atoms with Gasteiger partial charge in [-0.25, -0.2) is 0 Å². The summed E-state index contributed by atoms with van der Waals surface area (Å²) in [6.45, 7) is 3.22. The maximum Gasteiger partial charge on any atom is 0.305 e. The summed E-state index contributed by atoms with van der Waals surface area (Å²) >= 11 is 0. The van der Waals surface area contributed by atoms with Crippen molar-refractivity contribution in [2.45, 2.75) is 167 Å². The first-order chi connectivity index (χ1) is 16.8. The molecule has 0 aromatic rings. The molecule has 0 aromatic heterocycles. The molecule has 0 spiro atoms. The van der Waals surface area contributed by atoms with Gasteiger partial charge >= 0.3 is 5.97 Å². The van der Waals surface area contributed by atoms with Crippen molar-refractivity contribution in [3.8, 4) is 0 Å². The second-order valence-corrected chi connectivity index (χ2v) is 10.2. The van der Waals surface area contributed by atoms with E-state index >= 15 is 0 Å². The number of ether oxygens (including phenoxy) is 1. The number of carbonyl (C=O) groups excluding carboxylic acids is 1. The van der Waals surface area contributed by atoms with Gasteiger partial charge in [0, 0.05) is 13.0 Å². The second kappa shape index (κ2) is 30.2. The van der Waals surface area contributed by atoms with E-state index in [0.29, 0.717) is 19.6 Å². The van der Waals surface area contributed by atoms with Crippen LogP contribution in [0.4, 0.5) is 0 Å². The summed E-state index contributed by atoms with van der Waals surface area (Å²) in [4.78, 5) is 11.8. The lowest BCUT2D eigenvalue weighted by molar-refractivity contribution is -0.143. The smallest absolute Gasteiger partial charge is 0.305 e. The van der Waals surface area contributed by atoms with Crippen molar-refractivity contribution >= 4 is 5.97 Å². The number of rotatable bonds is 28. The van der Waals surface area contributed by atoms with E-state index in [1.54, 1.807) is 0 Å². The number of hydrogen-bond donors (Lipinski definition) is 1. The molecule has 0 aliphatic heterocycles. The summed E-state index contributed by atoms with van der Waals surface area (Å²) in [7, 11) is 0. The molecular weight excluding hydrogens is 420 g/mol. The largest absolute Gasteiger partial charge is 0.466 e. The highest BCUT2D eigenvalue weighted by atomic mass is 16.5. The third kappa shape index (κ3) is 29.2. The molecule has 0 unspecified atom stereocenters. The standard InChI is InChI=1S/C31H60O3/c1-2-3-4-5-6-7-8-9-10-11-13-16-19-22-25-28-31(33)34-30-27-24-21-18-15-12-14-17-20-23-26-29-32/h9-10,32H,2-8,11-30H2,1H3/b10-9-. The van der Waals surface area contributed by atoms with Gasteiger partial charge in [0.25, 0.3) is 0 Å². The van der Waals surface area contributed by atoms with Crippen LogP contribution in [0.15, 0.2) is 12.2 Å². The van der Waals surface area contributed by atoms with E-state index in [1.165, 1.54) is 128 Å². The highest BCUT2D eigenvalue weighted by molar-refractivity contribution is 5.69. The first kappa shape index (κ1) is 33.2.